The van der Waals surface area contributed by atoms with Crippen LogP contribution in [0.3, 0.4) is 0 Å². The maximum atomic E-state index is 13.6. The third kappa shape index (κ3) is 9.10. The van der Waals surface area contributed by atoms with Gasteiger partial charge in [-0.25, -0.2) is 0 Å². The molecule has 0 aliphatic rings. The molecule has 2 aromatic carbocycles. The second-order valence-corrected chi connectivity index (χ2v) is 9.11. The van der Waals surface area contributed by atoms with E-state index in [0.717, 1.165) is 22.3 Å². The molecule has 0 spiro atoms. The molecule has 0 aliphatic heterocycles. The van der Waals surface area contributed by atoms with Gasteiger partial charge in [0.15, 0.2) is 5.52 Å². The first kappa shape index (κ1) is 31.4. The molecular weight excluding hydrogens is 462 g/mol. The fourth-order valence-corrected chi connectivity index (χ4v) is 4.79. The Morgan fingerprint density at radius 2 is 1.20 bits per heavy atom. The van der Waals surface area contributed by atoms with Crippen LogP contribution in [-0.2, 0) is 14.2 Å². The van der Waals surface area contributed by atoms with E-state index >= 15 is 0 Å². The van der Waals surface area contributed by atoms with Crippen LogP contribution in [0.1, 0.15) is 34.0 Å². The van der Waals surface area contributed by atoms with Crippen molar-refractivity contribution in [2.45, 2.75) is 27.7 Å². The van der Waals surface area contributed by atoms with Gasteiger partial charge in [0.1, 0.15) is 37.1 Å². The average molecular weight is 500 g/mol. The first-order valence-corrected chi connectivity index (χ1v) is 12.3. The van der Waals surface area contributed by atoms with Crippen LogP contribution in [0.25, 0.3) is 0 Å². The van der Waals surface area contributed by atoms with Gasteiger partial charge in [0, 0.05) is 39.0 Å². The van der Waals surface area contributed by atoms with Crippen molar-refractivity contribution in [2.24, 2.45) is 0 Å². The number of hydrogen-bond donors (Lipinski definition) is 0. The second kappa shape index (κ2) is 16.2. The summed E-state index contributed by atoms with van der Waals surface area (Å²) in [4.78, 5) is 13.6. The molecule has 0 saturated heterocycles. The molecule has 0 fully saturated rings. The van der Waals surface area contributed by atoms with E-state index in [9.17, 15) is 4.79 Å². The van der Waals surface area contributed by atoms with Gasteiger partial charge in [-0.2, -0.15) is 0 Å². The van der Waals surface area contributed by atoms with E-state index in [4.69, 9.17) is 28.4 Å². The summed E-state index contributed by atoms with van der Waals surface area (Å²) in [6, 6.07) is 5.66. The number of rotatable bonds is 15. The summed E-state index contributed by atoms with van der Waals surface area (Å²) in [5, 5.41) is 0.702. The van der Waals surface area contributed by atoms with Gasteiger partial charge in [0.05, 0.1) is 25.1 Å². The van der Waals surface area contributed by atoms with Crippen molar-refractivity contribution in [3.63, 3.8) is 0 Å². The van der Waals surface area contributed by atoms with Crippen LogP contribution in [0.4, 0.5) is 0 Å². The molecule has 0 aromatic heterocycles. The Hall–Kier alpha value is -1.58. The SMILES string of the molecule is COCCOc1cc(OCCOC)c(PC(=O)c2c(C)cc(C)c(C)c2C)c(OCCOC)c1.[H-].[Li+]. The van der Waals surface area contributed by atoms with Gasteiger partial charge in [0.25, 0.3) is 0 Å². The molecule has 1 unspecified atom stereocenters. The van der Waals surface area contributed by atoms with Gasteiger partial charge < -0.3 is 29.8 Å². The molecule has 0 N–H and O–H groups in total. The van der Waals surface area contributed by atoms with Crippen LogP contribution in [0.5, 0.6) is 17.2 Å². The van der Waals surface area contributed by atoms with Crippen molar-refractivity contribution in [1.82, 2.24) is 0 Å². The number of hydrogen-bond acceptors (Lipinski definition) is 7. The zero-order valence-electron chi connectivity index (χ0n) is 23.3. The molecular formula is C26H38LiO7P. The van der Waals surface area contributed by atoms with Gasteiger partial charge in [-0.15, -0.1) is 0 Å². The van der Waals surface area contributed by atoms with Gasteiger partial charge in [-0.1, -0.05) is 6.07 Å². The zero-order valence-corrected chi connectivity index (χ0v) is 23.3. The maximum absolute atomic E-state index is 13.6. The molecule has 2 rings (SSSR count). The fraction of sp³-hybridized carbons (Fsp3) is 0.500. The Labute approximate surface area is 224 Å². The van der Waals surface area contributed by atoms with Crippen LogP contribution >= 0.6 is 8.58 Å². The Kier molecular flexibility index (Phi) is 14.6. The Balaban J connectivity index is 0.00000612. The van der Waals surface area contributed by atoms with E-state index in [2.05, 4.69) is 19.9 Å². The summed E-state index contributed by atoms with van der Waals surface area (Å²) in [7, 11) is 4.66. The van der Waals surface area contributed by atoms with E-state index in [1.54, 1.807) is 33.5 Å². The van der Waals surface area contributed by atoms with Crippen molar-refractivity contribution >= 4 is 19.4 Å². The molecule has 0 bridgehead atoms. The molecule has 0 radical (unpaired) electrons. The van der Waals surface area contributed by atoms with Crippen molar-refractivity contribution in [1.29, 1.82) is 0 Å². The molecule has 190 valence electrons. The number of ether oxygens (including phenoxy) is 6. The van der Waals surface area contributed by atoms with Crippen LogP contribution < -0.4 is 38.4 Å². The van der Waals surface area contributed by atoms with Gasteiger partial charge >= 0.3 is 18.9 Å². The quantitative estimate of drug-likeness (QED) is 0.207. The van der Waals surface area contributed by atoms with E-state index in [1.165, 1.54) is 5.56 Å². The summed E-state index contributed by atoms with van der Waals surface area (Å²) < 4.78 is 33.2. The van der Waals surface area contributed by atoms with Gasteiger partial charge in [0.2, 0.25) is 0 Å². The largest absolute Gasteiger partial charge is 1.00 e. The predicted molar refractivity (Wildman–Crippen MR) is 137 cm³/mol. The molecule has 0 aliphatic carbocycles. The van der Waals surface area contributed by atoms with Crippen molar-refractivity contribution in [3.8, 4) is 17.2 Å². The molecule has 0 amide bonds. The van der Waals surface area contributed by atoms with Crippen molar-refractivity contribution in [2.75, 3.05) is 61.0 Å². The van der Waals surface area contributed by atoms with E-state index in [1.807, 2.05) is 13.8 Å². The van der Waals surface area contributed by atoms with E-state index in [0.29, 0.717) is 62.2 Å². The number of aryl methyl sites for hydroxylation is 2. The zero-order chi connectivity index (χ0) is 25.1. The van der Waals surface area contributed by atoms with Gasteiger partial charge in [-0.05, 0) is 58.5 Å². The predicted octanol–water partition coefficient (Wildman–Crippen LogP) is 1.26. The summed E-state index contributed by atoms with van der Waals surface area (Å²) in [5.74, 6) is 1.67. The summed E-state index contributed by atoms with van der Waals surface area (Å²) in [5.41, 5.74) is 5.10. The van der Waals surface area contributed by atoms with Crippen LogP contribution in [0.2, 0.25) is 0 Å². The number of benzene rings is 2. The molecule has 2 aromatic rings. The molecule has 35 heavy (non-hydrogen) atoms. The first-order chi connectivity index (χ1) is 16.3. The fourth-order valence-electron chi connectivity index (χ4n) is 3.52. The smallest absolute Gasteiger partial charge is 1.00 e. The minimum absolute atomic E-state index is 0. The summed E-state index contributed by atoms with van der Waals surface area (Å²) in [6.07, 6.45) is 0. The van der Waals surface area contributed by atoms with Crippen molar-refractivity contribution < 1.29 is 53.5 Å². The van der Waals surface area contributed by atoms with E-state index < -0.39 is 0 Å². The maximum Gasteiger partial charge on any atom is 1.00 e. The number of methoxy groups -OCH3 is 3. The van der Waals surface area contributed by atoms with Crippen LogP contribution in [-0.4, -0.2) is 66.5 Å². The molecule has 0 heterocycles. The normalized spacial score (nSPS) is 10.9. The number of carbonyl (C=O) groups is 1. The molecule has 7 nitrogen and oxygen atoms in total. The Bertz CT molecular complexity index is 941. The monoisotopic (exact) mass is 500 g/mol. The Morgan fingerprint density at radius 3 is 1.69 bits per heavy atom. The average Bonchev–Trinajstić information content (AvgIpc) is 2.80. The molecule has 1 atom stereocenters. The Morgan fingerprint density at radius 1 is 0.714 bits per heavy atom. The number of carbonyl (C=O) groups excluding carboxylic acids is 1. The first-order valence-electron chi connectivity index (χ1n) is 11.3. The minimum atomic E-state index is -0.189. The topological polar surface area (TPSA) is 72.5 Å². The third-order valence-corrected chi connectivity index (χ3v) is 6.73. The van der Waals surface area contributed by atoms with Crippen molar-refractivity contribution in [3.05, 3.63) is 46.0 Å². The molecule has 9 heteroatoms. The third-order valence-electron chi connectivity index (χ3n) is 5.51. The minimum Gasteiger partial charge on any atom is -1.00 e. The second-order valence-electron chi connectivity index (χ2n) is 7.91. The van der Waals surface area contributed by atoms with Crippen LogP contribution in [0.15, 0.2) is 18.2 Å². The van der Waals surface area contributed by atoms with E-state index in [-0.39, 0.29) is 34.4 Å². The van der Waals surface area contributed by atoms with Crippen LogP contribution in [0, 0.1) is 27.7 Å². The summed E-state index contributed by atoms with van der Waals surface area (Å²) >= 11 is 0. The molecule has 0 saturated carbocycles. The van der Waals surface area contributed by atoms with Gasteiger partial charge in [-0.3, -0.25) is 4.79 Å². The standard InChI is InChI=1S/C26H37O7P.Li.H/c1-17-14-18(2)24(20(4)19(17)3)26(27)34-25-22(32-12-9-29-6)15-21(31-11-8-28-5)16-23(25)33-13-10-30-7;;/h14-16,34H,8-13H2,1-7H3;;/q;+1;-1. The summed E-state index contributed by atoms with van der Waals surface area (Å²) in [6.45, 7) is 10.4.